The van der Waals surface area contributed by atoms with Crippen molar-refractivity contribution in [2.24, 2.45) is 0 Å². The van der Waals surface area contributed by atoms with Gasteiger partial charge in [0.25, 0.3) is 0 Å². The fourth-order valence-corrected chi connectivity index (χ4v) is 3.39. The lowest BCUT2D eigenvalue weighted by Gasteiger charge is -2.25. The van der Waals surface area contributed by atoms with Crippen LogP contribution in [-0.2, 0) is 12.8 Å². The number of thiocarbonyl (C=S) groups is 1. The predicted octanol–water partition coefficient (Wildman–Crippen LogP) is 3.16. The summed E-state index contributed by atoms with van der Waals surface area (Å²) in [5, 5.41) is 9.33. The number of halogens is 1. The van der Waals surface area contributed by atoms with Crippen LogP contribution in [0.1, 0.15) is 24.6 Å². The summed E-state index contributed by atoms with van der Waals surface area (Å²) in [5.41, 5.74) is 3.90. The van der Waals surface area contributed by atoms with E-state index < -0.39 is 0 Å². The second kappa shape index (κ2) is 5.62. The Kier molecular flexibility index (Phi) is 3.85. The molecule has 1 aliphatic carbocycles. The topological polar surface area (TPSA) is 39.8 Å². The zero-order valence-corrected chi connectivity index (χ0v) is 13.0. The van der Waals surface area contributed by atoms with Crippen LogP contribution in [0.4, 0.5) is 0 Å². The molecule has 3 N–H and O–H groups in total. The first-order valence-corrected chi connectivity index (χ1v) is 7.79. The Bertz CT molecular complexity index is 650. The van der Waals surface area contributed by atoms with Gasteiger partial charge in [-0.15, -0.1) is 0 Å². The smallest absolute Gasteiger partial charge is 0.166 e. The molecule has 1 heterocycles. The first kappa shape index (κ1) is 13.7. The molecule has 1 atom stereocenters. The number of benzene rings is 1. The van der Waals surface area contributed by atoms with E-state index in [2.05, 4.69) is 34.7 Å². The highest BCUT2D eigenvalue weighted by Gasteiger charge is 2.22. The minimum absolute atomic E-state index is 0.395. The van der Waals surface area contributed by atoms with Crippen LogP contribution in [-0.4, -0.2) is 22.7 Å². The summed E-state index contributed by atoms with van der Waals surface area (Å²) < 4.78 is 0. The maximum atomic E-state index is 6.12. The molecule has 3 rings (SSSR count). The first-order valence-electron chi connectivity index (χ1n) is 7.00. The Morgan fingerprint density at radius 3 is 3.15 bits per heavy atom. The number of hydrogen-bond donors (Lipinski definition) is 3. The van der Waals surface area contributed by atoms with Crippen LogP contribution in [0.25, 0.3) is 10.9 Å². The number of H-pyrrole nitrogens is 1. The van der Waals surface area contributed by atoms with E-state index in [-0.39, 0.29) is 0 Å². The van der Waals surface area contributed by atoms with Crippen LogP contribution in [0, 0.1) is 0 Å². The summed E-state index contributed by atoms with van der Waals surface area (Å²) in [6, 6.07) is 6.44. The molecule has 106 valence electrons. The van der Waals surface area contributed by atoms with Gasteiger partial charge in [0.05, 0.1) is 0 Å². The van der Waals surface area contributed by atoms with Crippen LogP contribution >= 0.6 is 23.8 Å². The molecule has 0 saturated heterocycles. The molecule has 0 aliphatic heterocycles. The summed E-state index contributed by atoms with van der Waals surface area (Å²) in [4.78, 5) is 3.51. The summed E-state index contributed by atoms with van der Waals surface area (Å²) in [6.07, 6.45) is 3.13. The zero-order chi connectivity index (χ0) is 14.1. The van der Waals surface area contributed by atoms with Crippen LogP contribution in [0.2, 0.25) is 5.02 Å². The molecule has 0 spiro atoms. The number of fused-ring (bicyclic) bond motifs is 3. The van der Waals surface area contributed by atoms with E-state index in [4.69, 9.17) is 23.8 Å². The quantitative estimate of drug-likeness (QED) is 0.746. The van der Waals surface area contributed by atoms with E-state index in [1.807, 2.05) is 6.07 Å². The molecule has 1 aliphatic rings. The molecule has 5 heteroatoms. The minimum Gasteiger partial charge on any atom is -0.363 e. The third-order valence-corrected chi connectivity index (χ3v) is 4.32. The summed E-state index contributed by atoms with van der Waals surface area (Å²) >= 11 is 11.4. The van der Waals surface area contributed by atoms with Crippen molar-refractivity contribution in [2.45, 2.75) is 32.2 Å². The standard InChI is InChI=1S/C15H18ClN3S/c1-2-17-15(20)18-10-4-6-14-12(8-10)11-7-9(16)3-5-13(11)19-14/h3,5,7,10,19H,2,4,6,8H2,1H3,(H2,17,18,20). The van der Waals surface area contributed by atoms with Gasteiger partial charge in [-0.1, -0.05) is 11.6 Å². The summed E-state index contributed by atoms with van der Waals surface area (Å²) in [5.74, 6) is 0. The van der Waals surface area contributed by atoms with Gasteiger partial charge in [-0.05, 0) is 62.2 Å². The number of nitrogens with one attached hydrogen (secondary N) is 3. The maximum absolute atomic E-state index is 6.12. The average molecular weight is 308 g/mol. The molecular weight excluding hydrogens is 290 g/mol. The number of rotatable bonds is 2. The lowest BCUT2D eigenvalue weighted by atomic mass is 9.91. The molecule has 1 unspecified atom stereocenters. The lowest BCUT2D eigenvalue weighted by Crippen LogP contribution is -2.44. The highest BCUT2D eigenvalue weighted by molar-refractivity contribution is 7.80. The van der Waals surface area contributed by atoms with Gasteiger partial charge in [0.2, 0.25) is 0 Å². The van der Waals surface area contributed by atoms with Crippen molar-refractivity contribution < 1.29 is 0 Å². The minimum atomic E-state index is 0.395. The van der Waals surface area contributed by atoms with Crippen molar-refractivity contribution in [1.82, 2.24) is 15.6 Å². The van der Waals surface area contributed by atoms with Gasteiger partial charge >= 0.3 is 0 Å². The second-order valence-corrected chi connectivity index (χ2v) is 6.06. The van der Waals surface area contributed by atoms with E-state index in [0.29, 0.717) is 6.04 Å². The largest absolute Gasteiger partial charge is 0.363 e. The molecule has 2 aromatic rings. The van der Waals surface area contributed by atoms with E-state index >= 15 is 0 Å². The van der Waals surface area contributed by atoms with E-state index in [1.54, 1.807) is 0 Å². The van der Waals surface area contributed by atoms with E-state index in [0.717, 1.165) is 35.9 Å². The fraction of sp³-hybridized carbons (Fsp3) is 0.400. The van der Waals surface area contributed by atoms with Gasteiger partial charge in [0.15, 0.2) is 5.11 Å². The number of hydrogen-bond acceptors (Lipinski definition) is 1. The van der Waals surface area contributed by atoms with Crippen LogP contribution < -0.4 is 10.6 Å². The van der Waals surface area contributed by atoms with Gasteiger partial charge in [0, 0.05) is 34.2 Å². The van der Waals surface area contributed by atoms with Crippen molar-refractivity contribution in [3.63, 3.8) is 0 Å². The van der Waals surface area contributed by atoms with Crippen LogP contribution in [0.5, 0.6) is 0 Å². The van der Waals surface area contributed by atoms with Gasteiger partial charge in [-0.3, -0.25) is 0 Å². The molecular formula is C15H18ClN3S. The Morgan fingerprint density at radius 2 is 2.35 bits per heavy atom. The molecule has 0 radical (unpaired) electrons. The monoisotopic (exact) mass is 307 g/mol. The Labute approximate surface area is 129 Å². The van der Waals surface area contributed by atoms with Crippen molar-refractivity contribution in [2.75, 3.05) is 6.54 Å². The number of aryl methyl sites for hydroxylation is 1. The lowest BCUT2D eigenvalue weighted by molar-refractivity contribution is 0.524. The molecule has 0 fully saturated rings. The molecule has 0 bridgehead atoms. The van der Waals surface area contributed by atoms with Crippen LogP contribution in [0.15, 0.2) is 18.2 Å². The van der Waals surface area contributed by atoms with Gasteiger partial charge in [-0.2, -0.15) is 0 Å². The van der Waals surface area contributed by atoms with Crippen molar-refractivity contribution in [3.05, 3.63) is 34.5 Å². The van der Waals surface area contributed by atoms with Gasteiger partial charge < -0.3 is 15.6 Å². The second-order valence-electron chi connectivity index (χ2n) is 5.22. The first-order chi connectivity index (χ1) is 9.67. The molecule has 20 heavy (non-hydrogen) atoms. The highest BCUT2D eigenvalue weighted by Crippen LogP contribution is 2.30. The zero-order valence-electron chi connectivity index (χ0n) is 11.4. The molecule has 1 aromatic heterocycles. The SMILES string of the molecule is CCNC(=S)NC1CCc2[nH]c3ccc(Cl)cc3c2C1. The van der Waals surface area contributed by atoms with E-state index in [1.165, 1.54) is 22.2 Å². The Hall–Kier alpha value is -1.26. The predicted molar refractivity (Wildman–Crippen MR) is 88.5 cm³/mol. The number of aromatic nitrogens is 1. The highest BCUT2D eigenvalue weighted by atomic mass is 35.5. The average Bonchev–Trinajstić information content (AvgIpc) is 2.76. The third-order valence-electron chi connectivity index (χ3n) is 3.82. The normalized spacial score (nSPS) is 17.8. The van der Waals surface area contributed by atoms with E-state index in [9.17, 15) is 0 Å². The maximum Gasteiger partial charge on any atom is 0.166 e. The number of aromatic amines is 1. The Balaban J connectivity index is 1.84. The van der Waals surface area contributed by atoms with Crippen LogP contribution in [0.3, 0.4) is 0 Å². The summed E-state index contributed by atoms with van der Waals surface area (Å²) in [7, 11) is 0. The molecule has 3 nitrogen and oxygen atoms in total. The van der Waals surface area contributed by atoms with Gasteiger partial charge in [0.1, 0.15) is 0 Å². The third kappa shape index (κ3) is 2.63. The Morgan fingerprint density at radius 1 is 1.50 bits per heavy atom. The fourth-order valence-electron chi connectivity index (χ4n) is 2.91. The molecule has 0 amide bonds. The van der Waals surface area contributed by atoms with Gasteiger partial charge in [-0.25, -0.2) is 0 Å². The van der Waals surface area contributed by atoms with Crippen molar-refractivity contribution in [1.29, 1.82) is 0 Å². The molecule has 1 aromatic carbocycles. The van der Waals surface area contributed by atoms with Crippen molar-refractivity contribution in [3.8, 4) is 0 Å². The summed E-state index contributed by atoms with van der Waals surface area (Å²) in [6.45, 7) is 2.90. The molecule has 0 saturated carbocycles. The van der Waals surface area contributed by atoms with Crippen molar-refractivity contribution >= 4 is 39.8 Å².